The number of carbonyl (C=O) groups is 3. The summed E-state index contributed by atoms with van der Waals surface area (Å²) in [4.78, 5) is 38.6. The lowest BCUT2D eigenvalue weighted by molar-refractivity contribution is -0.120. The van der Waals surface area contributed by atoms with Crippen LogP contribution in [0.4, 0.5) is 25.8 Å². The molecule has 9 heteroatoms. The van der Waals surface area contributed by atoms with Crippen LogP contribution in [-0.2, 0) is 9.59 Å². The van der Waals surface area contributed by atoms with Crippen LogP contribution in [-0.4, -0.2) is 17.7 Å². The Hall–Kier alpha value is -4.04. The topological polar surface area (TPSA) is 78.5 Å². The number of carbonyl (C=O) groups excluding carboxylic acids is 3. The van der Waals surface area contributed by atoms with Crippen LogP contribution in [0.3, 0.4) is 0 Å². The van der Waals surface area contributed by atoms with Crippen LogP contribution in [0, 0.1) is 11.6 Å². The second kappa shape index (κ2) is 8.60. The summed E-state index contributed by atoms with van der Waals surface area (Å²) in [7, 11) is 0. The average molecular weight is 454 g/mol. The van der Waals surface area contributed by atoms with Crippen LogP contribution in [0.15, 0.2) is 83.5 Å². The maximum atomic E-state index is 13.8. The quantitative estimate of drug-likeness (QED) is 0.551. The molecule has 4 rings (SSSR count). The Morgan fingerprint density at radius 3 is 2.31 bits per heavy atom. The van der Waals surface area contributed by atoms with Gasteiger partial charge in [0, 0.05) is 11.3 Å². The number of nitrogens with zero attached hydrogens (tertiary/aromatic N) is 1. The van der Waals surface area contributed by atoms with Crippen molar-refractivity contribution in [3.8, 4) is 0 Å². The largest absolute Gasteiger partial charge is 0.350 e. The SMILES string of the molecule is O=C(Nc1ccccc1F)c1cccc(NC2=C(Cl)C(=O)N(c3ccc(F)cc3)C2=O)c1. The number of anilines is 3. The highest BCUT2D eigenvalue weighted by Crippen LogP contribution is 2.30. The molecule has 32 heavy (non-hydrogen) atoms. The van der Waals surface area contributed by atoms with Crippen molar-refractivity contribution < 1.29 is 23.2 Å². The maximum absolute atomic E-state index is 13.8. The molecule has 0 aliphatic carbocycles. The third kappa shape index (κ3) is 4.08. The lowest BCUT2D eigenvalue weighted by Gasteiger charge is -2.15. The Morgan fingerprint density at radius 1 is 0.875 bits per heavy atom. The summed E-state index contributed by atoms with van der Waals surface area (Å²) >= 11 is 6.09. The monoisotopic (exact) mass is 453 g/mol. The molecule has 3 aromatic rings. The van der Waals surface area contributed by atoms with E-state index in [1.54, 1.807) is 18.2 Å². The van der Waals surface area contributed by atoms with E-state index in [1.807, 2.05) is 0 Å². The number of rotatable bonds is 5. The number of hydrogen-bond donors (Lipinski definition) is 2. The molecule has 160 valence electrons. The third-order valence-electron chi connectivity index (χ3n) is 4.63. The van der Waals surface area contributed by atoms with E-state index in [0.717, 1.165) is 17.0 Å². The van der Waals surface area contributed by atoms with E-state index in [2.05, 4.69) is 10.6 Å². The van der Waals surface area contributed by atoms with E-state index in [4.69, 9.17) is 11.6 Å². The first-order chi connectivity index (χ1) is 15.3. The van der Waals surface area contributed by atoms with E-state index in [-0.39, 0.29) is 27.7 Å². The van der Waals surface area contributed by atoms with Crippen LogP contribution in [0.5, 0.6) is 0 Å². The standard InChI is InChI=1S/C23H14ClF2N3O3/c24-19-20(23(32)29(22(19)31)16-10-8-14(25)9-11-16)27-15-5-3-4-13(12-15)21(30)28-18-7-2-1-6-17(18)26/h1-12,27H,(H,28,30). The molecule has 6 nitrogen and oxygen atoms in total. The molecule has 0 spiro atoms. The van der Waals surface area contributed by atoms with Crippen molar-refractivity contribution in [2.75, 3.05) is 15.5 Å². The van der Waals surface area contributed by atoms with Gasteiger partial charge in [-0.3, -0.25) is 14.4 Å². The smallest absolute Gasteiger partial charge is 0.283 e. The molecule has 1 heterocycles. The predicted octanol–water partition coefficient (Wildman–Crippen LogP) is 4.65. The second-order valence-electron chi connectivity index (χ2n) is 6.75. The molecule has 3 amide bonds. The van der Waals surface area contributed by atoms with Gasteiger partial charge in [0.25, 0.3) is 17.7 Å². The Labute approximate surface area is 186 Å². The van der Waals surface area contributed by atoms with Gasteiger partial charge in [-0.1, -0.05) is 29.8 Å². The summed E-state index contributed by atoms with van der Waals surface area (Å²) < 4.78 is 27.0. The van der Waals surface area contributed by atoms with Crippen LogP contribution in [0.2, 0.25) is 0 Å². The number of imide groups is 1. The fourth-order valence-corrected chi connectivity index (χ4v) is 3.29. The van der Waals surface area contributed by atoms with Crippen LogP contribution in [0.1, 0.15) is 10.4 Å². The zero-order valence-corrected chi connectivity index (χ0v) is 17.0. The fraction of sp³-hybridized carbons (Fsp3) is 0. The highest BCUT2D eigenvalue weighted by molar-refractivity contribution is 6.53. The molecular weight excluding hydrogens is 440 g/mol. The molecule has 0 saturated carbocycles. The molecular formula is C23H14ClF2N3O3. The lowest BCUT2D eigenvalue weighted by Crippen LogP contribution is -2.32. The molecule has 2 N–H and O–H groups in total. The third-order valence-corrected chi connectivity index (χ3v) is 4.98. The van der Waals surface area contributed by atoms with Gasteiger partial charge in [-0.05, 0) is 54.6 Å². The Bertz CT molecular complexity index is 1280. The molecule has 0 fully saturated rings. The first kappa shape index (κ1) is 21.2. The van der Waals surface area contributed by atoms with Gasteiger partial charge in [-0.2, -0.15) is 0 Å². The number of amides is 3. The predicted molar refractivity (Wildman–Crippen MR) is 116 cm³/mol. The number of halogens is 3. The zero-order chi connectivity index (χ0) is 22.8. The Kier molecular flexibility index (Phi) is 5.70. The molecule has 1 aliphatic heterocycles. The van der Waals surface area contributed by atoms with Gasteiger partial charge in [0.2, 0.25) is 0 Å². The molecule has 0 saturated heterocycles. The zero-order valence-electron chi connectivity index (χ0n) is 16.2. The van der Waals surface area contributed by atoms with Gasteiger partial charge < -0.3 is 10.6 Å². The summed E-state index contributed by atoms with van der Waals surface area (Å²) in [5, 5.41) is 4.88. The van der Waals surface area contributed by atoms with Crippen molar-refractivity contribution in [1.82, 2.24) is 0 Å². The van der Waals surface area contributed by atoms with Crippen molar-refractivity contribution in [3.05, 3.63) is 101 Å². The van der Waals surface area contributed by atoms with Gasteiger partial charge in [0.15, 0.2) is 0 Å². The summed E-state index contributed by atoms with van der Waals surface area (Å²) in [5.41, 5.74) is 0.485. The minimum absolute atomic E-state index is 0.0214. The molecule has 0 atom stereocenters. The number of benzene rings is 3. The van der Waals surface area contributed by atoms with E-state index in [1.165, 1.54) is 42.5 Å². The average Bonchev–Trinajstić information content (AvgIpc) is 2.99. The molecule has 1 aliphatic rings. The van der Waals surface area contributed by atoms with Crippen LogP contribution >= 0.6 is 11.6 Å². The summed E-state index contributed by atoms with van der Waals surface area (Å²) in [5.74, 6) is -3.16. The van der Waals surface area contributed by atoms with E-state index in [9.17, 15) is 23.2 Å². The van der Waals surface area contributed by atoms with Gasteiger partial charge >= 0.3 is 0 Å². The van der Waals surface area contributed by atoms with Crippen molar-refractivity contribution in [2.45, 2.75) is 0 Å². The lowest BCUT2D eigenvalue weighted by atomic mass is 10.1. The molecule has 0 radical (unpaired) electrons. The highest BCUT2D eigenvalue weighted by atomic mass is 35.5. The number of para-hydroxylation sites is 1. The summed E-state index contributed by atoms with van der Waals surface area (Å²) in [6.45, 7) is 0. The van der Waals surface area contributed by atoms with Crippen molar-refractivity contribution in [1.29, 1.82) is 0 Å². The first-order valence-corrected chi connectivity index (χ1v) is 9.70. The summed E-state index contributed by atoms with van der Waals surface area (Å²) in [6.07, 6.45) is 0. The van der Waals surface area contributed by atoms with Gasteiger partial charge in [0.1, 0.15) is 22.4 Å². The van der Waals surface area contributed by atoms with Crippen molar-refractivity contribution in [3.63, 3.8) is 0 Å². The minimum Gasteiger partial charge on any atom is -0.350 e. The molecule has 0 aromatic heterocycles. The number of nitrogens with one attached hydrogen (secondary N) is 2. The fourth-order valence-electron chi connectivity index (χ4n) is 3.08. The molecule has 0 unspecified atom stereocenters. The first-order valence-electron chi connectivity index (χ1n) is 9.32. The van der Waals surface area contributed by atoms with Gasteiger partial charge in [0.05, 0.1) is 11.4 Å². The van der Waals surface area contributed by atoms with Crippen LogP contribution < -0.4 is 15.5 Å². The molecule has 0 bridgehead atoms. The second-order valence-corrected chi connectivity index (χ2v) is 7.13. The minimum atomic E-state index is -0.765. The van der Waals surface area contributed by atoms with Crippen LogP contribution in [0.25, 0.3) is 0 Å². The van der Waals surface area contributed by atoms with E-state index in [0.29, 0.717) is 5.69 Å². The van der Waals surface area contributed by atoms with Crippen molar-refractivity contribution >= 4 is 46.4 Å². The van der Waals surface area contributed by atoms with Gasteiger partial charge in [-0.25, -0.2) is 13.7 Å². The highest BCUT2D eigenvalue weighted by Gasteiger charge is 2.39. The van der Waals surface area contributed by atoms with E-state index < -0.39 is 29.4 Å². The molecule has 3 aromatic carbocycles. The van der Waals surface area contributed by atoms with Gasteiger partial charge in [-0.15, -0.1) is 0 Å². The normalized spacial score (nSPS) is 13.5. The Morgan fingerprint density at radius 2 is 1.59 bits per heavy atom. The summed E-state index contributed by atoms with van der Waals surface area (Å²) in [6, 6.07) is 16.6. The maximum Gasteiger partial charge on any atom is 0.283 e. The van der Waals surface area contributed by atoms with Crippen molar-refractivity contribution in [2.24, 2.45) is 0 Å². The Balaban J connectivity index is 1.55. The number of hydrogen-bond acceptors (Lipinski definition) is 4. The van der Waals surface area contributed by atoms with E-state index >= 15 is 0 Å².